The summed E-state index contributed by atoms with van der Waals surface area (Å²) in [6.45, 7) is 0. The van der Waals surface area contributed by atoms with Crippen LogP contribution in [0, 0.1) is 0 Å². The van der Waals surface area contributed by atoms with Crippen LogP contribution >= 0.6 is 0 Å². The first-order valence-electron chi connectivity index (χ1n) is 9.72. The highest BCUT2D eigenvalue weighted by atomic mass is 16.5. The highest BCUT2D eigenvalue weighted by Crippen LogP contribution is 2.47. The van der Waals surface area contributed by atoms with Crippen LogP contribution < -0.4 is 14.2 Å². The third-order valence-corrected chi connectivity index (χ3v) is 5.41. The van der Waals surface area contributed by atoms with Crippen LogP contribution in [0.15, 0.2) is 65.1 Å². The van der Waals surface area contributed by atoms with Crippen LogP contribution in [0.2, 0.25) is 0 Å². The Morgan fingerprint density at radius 3 is 2.30 bits per heavy atom. The van der Waals surface area contributed by atoms with Crippen LogP contribution in [0.5, 0.6) is 17.2 Å². The molecular weight excluding hydrogens is 378 g/mol. The number of hydrogen-bond donors (Lipinski definition) is 0. The molecule has 0 saturated carbocycles. The highest BCUT2D eigenvalue weighted by Gasteiger charge is 2.24. The maximum atomic E-state index is 6.30. The second-order valence-corrected chi connectivity index (χ2v) is 7.07. The third-order valence-electron chi connectivity index (χ3n) is 5.41. The molecule has 0 unspecified atom stereocenters. The summed E-state index contributed by atoms with van der Waals surface area (Å²) in [6.07, 6.45) is 0.669. The van der Waals surface area contributed by atoms with Crippen molar-refractivity contribution >= 4 is 33.0 Å². The maximum Gasteiger partial charge on any atom is 0.204 e. The van der Waals surface area contributed by atoms with Crippen LogP contribution in [0.1, 0.15) is 11.1 Å². The van der Waals surface area contributed by atoms with Gasteiger partial charge in [0.1, 0.15) is 11.1 Å². The van der Waals surface area contributed by atoms with Gasteiger partial charge in [-0.2, -0.15) is 0 Å². The summed E-state index contributed by atoms with van der Waals surface area (Å²) in [5.41, 5.74) is 5.35. The predicted octanol–water partition coefficient (Wildman–Crippen LogP) is 5.75. The van der Waals surface area contributed by atoms with E-state index in [9.17, 15) is 0 Å². The van der Waals surface area contributed by atoms with Gasteiger partial charge in [-0.1, -0.05) is 42.5 Å². The molecule has 0 bridgehead atoms. The van der Waals surface area contributed by atoms with Crippen molar-refractivity contribution in [2.24, 2.45) is 0 Å². The molecule has 2 aromatic heterocycles. The molecule has 0 aliphatic heterocycles. The number of rotatable bonds is 5. The summed E-state index contributed by atoms with van der Waals surface area (Å²) in [7, 11) is 4.85. The van der Waals surface area contributed by atoms with Crippen LogP contribution in [-0.2, 0) is 6.42 Å². The Balaban J connectivity index is 1.95. The van der Waals surface area contributed by atoms with Crippen molar-refractivity contribution in [3.05, 3.63) is 71.8 Å². The largest absolute Gasteiger partial charge is 0.493 e. The van der Waals surface area contributed by atoms with Crippen molar-refractivity contribution in [3.63, 3.8) is 0 Å². The quantitative estimate of drug-likeness (QED) is 0.377. The normalized spacial score (nSPS) is 11.3. The Hall–Kier alpha value is -3.73. The minimum atomic E-state index is 0.541. The Labute approximate surface area is 173 Å². The van der Waals surface area contributed by atoms with Crippen LogP contribution in [0.3, 0.4) is 0 Å². The number of pyridine rings is 1. The van der Waals surface area contributed by atoms with Crippen molar-refractivity contribution < 1.29 is 18.6 Å². The van der Waals surface area contributed by atoms with Gasteiger partial charge in [0.2, 0.25) is 5.75 Å². The fourth-order valence-electron chi connectivity index (χ4n) is 4.07. The van der Waals surface area contributed by atoms with Crippen molar-refractivity contribution in [2.45, 2.75) is 6.42 Å². The summed E-state index contributed by atoms with van der Waals surface area (Å²) < 4.78 is 23.3. The molecule has 0 N–H and O–H groups in total. The zero-order valence-electron chi connectivity index (χ0n) is 17.1. The number of fused-ring (bicyclic) bond motifs is 4. The number of methoxy groups -OCH3 is 3. The molecule has 0 aliphatic rings. The zero-order chi connectivity index (χ0) is 20.7. The van der Waals surface area contributed by atoms with E-state index >= 15 is 0 Å². The Kier molecular flexibility index (Phi) is 4.43. The SMILES string of the molecule is COc1cc2nc3c(oc4ccccc43)c(Cc3ccccc3)c2c(OC)c1OC. The second-order valence-electron chi connectivity index (χ2n) is 7.07. The molecule has 0 fully saturated rings. The van der Waals surface area contributed by atoms with E-state index in [-0.39, 0.29) is 0 Å². The standard InChI is InChI=1S/C25H21NO4/c1-27-20-14-18-21(25(29-3)24(20)28-2)17(13-15-9-5-4-6-10-15)23-22(26-18)16-11-7-8-12-19(16)30-23/h4-12,14H,13H2,1-3H3. The summed E-state index contributed by atoms with van der Waals surface area (Å²) in [5, 5.41) is 1.85. The first kappa shape index (κ1) is 18.3. The van der Waals surface area contributed by atoms with Crippen molar-refractivity contribution in [3.8, 4) is 17.2 Å². The van der Waals surface area contributed by atoms with Gasteiger partial charge in [0.25, 0.3) is 0 Å². The molecule has 0 spiro atoms. The Morgan fingerprint density at radius 2 is 1.57 bits per heavy atom. The third kappa shape index (κ3) is 2.74. The average molecular weight is 399 g/mol. The van der Waals surface area contributed by atoms with E-state index < -0.39 is 0 Å². The van der Waals surface area contributed by atoms with Crippen molar-refractivity contribution in [1.29, 1.82) is 0 Å². The molecule has 0 saturated heterocycles. The van der Waals surface area contributed by atoms with E-state index in [0.717, 1.165) is 38.5 Å². The summed E-state index contributed by atoms with van der Waals surface area (Å²) in [6, 6.07) is 20.2. The minimum Gasteiger partial charge on any atom is -0.493 e. The smallest absolute Gasteiger partial charge is 0.204 e. The van der Waals surface area contributed by atoms with Crippen LogP contribution in [0.4, 0.5) is 0 Å². The molecule has 5 rings (SSSR count). The second kappa shape index (κ2) is 7.26. The highest BCUT2D eigenvalue weighted by molar-refractivity contribution is 6.10. The molecule has 3 aromatic carbocycles. The fraction of sp³-hybridized carbons (Fsp3) is 0.160. The molecule has 2 heterocycles. The number of ether oxygens (including phenoxy) is 3. The molecule has 5 nitrogen and oxygen atoms in total. The molecule has 0 radical (unpaired) electrons. The molecule has 0 atom stereocenters. The molecule has 0 amide bonds. The Bertz CT molecular complexity index is 1370. The van der Waals surface area contributed by atoms with Gasteiger partial charge in [0.05, 0.1) is 32.2 Å². The van der Waals surface area contributed by atoms with Gasteiger partial charge in [0.15, 0.2) is 17.1 Å². The van der Waals surface area contributed by atoms with Crippen LogP contribution in [0.25, 0.3) is 33.0 Å². The first-order valence-corrected chi connectivity index (χ1v) is 9.72. The molecule has 5 aromatic rings. The number of aromatic nitrogens is 1. The number of para-hydroxylation sites is 1. The average Bonchev–Trinajstić information content (AvgIpc) is 3.16. The van der Waals surface area contributed by atoms with Gasteiger partial charge in [-0.15, -0.1) is 0 Å². The van der Waals surface area contributed by atoms with Crippen molar-refractivity contribution in [1.82, 2.24) is 4.98 Å². The van der Waals surface area contributed by atoms with Gasteiger partial charge in [-0.05, 0) is 17.7 Å². The topological polar surface area (TPSA) is 53.7 Å². The number of nitrogens with zero attached hydrogens (tertiary/aromatic N) is 1. The lowest BCUT2D eigenvalue weighted by molar-refractivity contribution is 0.327. The number of benzene rings is 3. The molecular formula is C25H21NO4. The van der Waals surface area contributed by atoms with E-state index in [1.807, 2.05) is 48.5 Å². The summed E-state index contributed by atoms with van der Waals surface area (Å²) in [4.78, 5) is 4.95. The number of furan rings is 1. The first-order chi connectivity index (χ1) is 14.7. The maximum absolute atomic E-state index is 6.30. The lowest BCUT2D eigenvalue weighted by Gasteiger charge is -2.17. The molecule has 150 valence electrons. The molecule has 30 heavy (non-hydrogen) atoms. The molecule has 0 aliphatic carbocycles. The van der Waals surface area contributed by atoms with E-state index in [0.29, 0.717) is 23.7 Å². The van der Waals surface area contributed by atoms with E-state index in [1.165, 1.54) is 5.56 Å². The van der Waals surface area contributed by atoms with Gasteiger partial charge < -0.3 is 18.6 Å². The summed E-state index contributed by atoms with van der Waals surface area (Å²) in [5.74, 6) is 1.71. The monoisotopic (exact) mass is 399 g/mol. The fourth-order valence-corrected chi connectivity index (χ4v) is 4.07. The van der Waals surface area contributed by atoms with E-state index in [4.69, 9.17) is 23.6 Å². The Morgan fingerprint density at radius 1 is 0.833 bits per heavy atom. The lowest BCUT2D eigenvalue weighted by Crippen LogP contribution is -2.00. The van der Waals surface area contributed by atoms with Gasteiger partial charge in [-0.3, -0.25) is 0 Å². The van der Waals surface area contributed by atoms with Crippen LogP contribution in [-0.4, -0.2) is 26.3 Å². The van der Waals surface area contributed by atoms with E-state index in [1.54, 1.807) is 21.3 Å². The molecule has 5 heteroatoms. The predicted molar refractivity (Wildman–Crippen MR) is 118 cm³/mol. The lowest BCUT2D eigenvalue weighted by atomic mass is 9.98. The number of hydrogen-bond acceptors (Lipinski definition) is 5. The minimum absolute atomic E-state index is 0.541. The van der Waals surface area contributed by atoms with Gasteiger partial charge in [-0.25, -0.2) is 4.98 Å². The van der Waals surface area contributed by atoms with Gasteiger partial charge >= 0.3 is 0 Å². The van der Waals surface area contributed by atoms with Crippen molar-refractivity contribution in [2.75, 3.05) is 21.3 Å². The van der Waals surface area contributed by atoms with Gasteiger partial charge in [0, 0.05) is 23.4 Å². The zero-order valence-corrected chi connectivity index (χ0v) is 17.1. The summed E-state index contributed by atoms with van der Waals surface area (Å²) >= 11 is 0. The van der Waals surface area contributed by atoms with E-state index in [2.05, 4.69) is 12.1 Å².